The molecule has 1 nitrogen and oxygen atoms in total. The summed E-state index contributed by atoms with van der Waals surface area (Å²) in [4.78, 5) is 10.4. The molecule has 1 rings (SSSR count). The highest BCUT2D eigenvalue weighted by atomic mass is 16.1. The molecule has 1 unspecified atom stereocenters. The van der Waals surface area contributed by atoms with Crippen LogP contribution >= 0.6 is 0 Å². The van der Waals surface area contributed by atoms with E-state index in [9.17, 15) is 4.79 Å². The lowest BCUT2D eigenvalue weighted by Gasteiger charge is -2.20. The molecule has 0 saturated heterocycles. The number of hydrogen-bond donors (Lipinski definition) is 0. The molecule has 0 bridgehead atoms. The third kappa shape index (κ3) is 5.15. The van der Waals surface area contributed by atoms with Gasteiger partial charge < -0.3 is 4.79 Å². The van der Waals surface area contributed by atoms with Crippen LogP contribution in [0.25, 0.3) is 0 Å². The molecule has 0 aromatic rings. The van der Waals surface area contributed by atoms with Crippen molar-refractivity contribution in [2.45, 2.75) is 58.8 Å². The SMILES string of the molecule is CC(C)CCCC1=CCC(CC=O)CC1. The normalized spacial score (nSPS) is 21.5. The van der Waals surface area contributed by atoms with E-state index < -0.39 is 0 Å². The molecule has 0 heterocycles. The highest BCUT2D eigenvalue weighted by Gasteiger charge is 2.13. The van der Waals surface area contributed by atoms with Gasteiger partial charge in [0.25, 0.3) is 0 Å². The summed E-state index contributed by atoms with van der Waals surface area (Å²) in [5.74, 6) is 1.47. The number of hydrogen-bond acceptors (Lipinski definition) is 1. The Morgan fingerprint density at radius 3 is 2.87 bits per heavy atom. The quantitative estimate of drug-likeness (QED) is 0.474. The lowest BCUT2D eigenvalue weighted by Crippen LogP contribution is -2.06. The molecule has 1 aliphatic carbocycles. The first kappa shape index (κ1) is 12.5. The minimum Gasteiger partial charge on any atom is -0.303 e. The standard InChI is InChI=1S/C14H24O/c1-12(2)4-3-5-13-6-8-14(9-7-13)10-11-15/h6,11-12,14H,3-5,7-10H2,1-2H3. The van der Waals surface area contributed by atoms with Crippen LogP contribution in [0.1, 0.15) is 58.8 Å². The molecular formula is C14H24O. The van der Waals surface area contributed by atoms with Gasteiger partial charge in [-0.2, -0.15) is 0 Å². The number of allylic oxidation sites excluding steroid dienone is 2. The van der Waals surface area contributed by atoms with Gasteiger partial charge >= 0.3 is 0 Å². The molecule has 15 heavy (non-hydrogen) atoms. The molecule has 0 aliphatic heterocycles. The van der Waals surface area contributed by atoms with Gasteiger partial charge in [0.15, 0.2) is 0 Å². The lowest BCUT2D eigenvalue weighted by atomic mass is 9.86. The van der Waals surface area contributed by atoms with Crippen LogP contribution in [0.15, 0.2) is 11.6 Å². The molecule has 0 amide bonds. The smallest absolute Gasteiger partial charge is 0.120 e. The van der Waals surface area contributed by atoms with Crippen molar-refractivity contribution >= 4 is 6.29 Å². The molecule has 1 atom stereocenters. The largest absolute Gasteiger partial charge is 0.303 e. The highest BCUT2D eigenvalue weighted by molar-refractivity contribution is 5.49. The van der Waals surface area contributed by atoms with Crippen LogP contribution < -0.4 is 0 Å². The molecule has 0 fully saturated rings. The molecule has 0 aromatic heterocycles. The maximum absolute atomic E-state index is 10.4. The van der Waals surface area contributed by atoms with Crippen molar-refractivity contribution in [2.24, 2.45) is 11.8 Å². The molecule has 0 radical (unpaired) electrons. The zero-order chi connectivity index (χ0) is 11.1. The van der Waals surface area contributed by atoms with Crippen LogP contribution in [0.4, 0.5) is 0 Å². The first-order valence-electron chi connectivity index (χ1n) is 6.34. The Morgan fingerprint density at radius 1 is 1.53 bits per heavy atom. The van der Waals surface area contributed by atoms with E-state index in [1.165, 1.54) is 32.1 Å². The second-order valence-corrected chi connectivity index (χ2v) is 5.19. The fourth-order valence-electron chi connectivity index (χ4n) is 2.26. The van der Waals surface area contributed by atoms with E-state index in [4.69, 9.17) is 0 Å². The third-order valence-electron chi connectivity index (χ3n) is 3.32. The Kier molecular flexibility index (Phi) is 5.67. The second kappa shape index (κ2) is 6.81. The van der Waals surface area contributed by atoms with Crippen LogP contribution in [0.2, 0.25) is 0 Å². The molecule has 1 heteroatoms. The van der Waals surface area contributed by atoms with Crippen molar-refractivity contribution in [1.82, 2.24) is 0 Å². The van der Waals surface area contributed by atoms with Gasteiger partial charge in [0.05, 0.1) is 0 Å². The van der Waals surface area contributed by atoms with E-state index in [1.54, 1.807) is 5.57 Å². The summed E-state index contributed by atoms with van der Waals surface area (Å²) in [6.45, 7) is 4.57. The van der Waals surface area contributed by atoms with Gasteiger partial charge in [-0.3, -0.25) is 0 Å². The Balaban J connectivity index is 2.19. The minimum absolute atomic E-state index is 0.636. The van der Waals surface area contributed by atoms with Gasteiger partial charge in [0.2, 0.25) is 0 Å². The first-order valence-corrected chi connectivity index (χ1v) is 6.34. The summed E-state index contributed by atoms with van der Waals surface area (Å²) < 4.78 is 0. The van der Waals surface area contributed by atoms with Crippen molar-refractivity contribution < 1.29 is 4.79 Å². The maximum atomic E-state index is 10.4. The lowest BCUT2D eigenvalue weighted by molar-refractivity contribution is -0.108. The van der Waals surface area contributed by atoms with E-state index in [-0.39, 0.29) is 0 Å². The maximum Gasteiger partial charge on any atom is 0.120 e. The van der Waals surface area contributed by atoms with Gasteiger partial charge in [0.1, 0.15) is 6.29 Å². The highest BCUT2D eigenvalue weighted by Crippen LogP contribution is 2.28. The Hall–Kier alpha value is -0.590. The number of carbonyl (C=O) groups is 1. The molecule has 1 aliphatic rings. The molecular weight excluding hydrogens is 184 g/mol. The van der Waals surface area contributed by atoms with E-state index in [2.05, 4.69) is 19.9 Å². The predicted octanol–water partition coefficient (Wildman–Crippen LogP) is 4.13. The van der Waals surface area contributed by atoms with Crippen molar-refractivity contribution in [2.75, 3.05) is 0 Å². The van der Waals surface area contributed by atoms with Crippen molar-refractivity contribution in [3.63, 3.8) is 0 Å². The number of carbonyl (C=O) groups excluding carboxylic acids is 1. The summed E-state index contributed by atoms with van der Waals surface area (Å²) in [5, 5.41) is 0. The number of rotatable bonds is 6. The summed E-state index contributed by atoms with van der Waals surface area (Å²) in [5.41, 5.74) is 1.64. The van der Waals surface area contributed by atoms with Crippen LogP contribution in [0.5, 0.6) is 0 Å². The third-order valence-corrected chi connectivity index (χ3v) is 3.32. The summed E-state index contributed by atoms with van der Waals surface area (Å²) in [7, 11) is 0. The summed E-state index contributed by atoms with van der Waals surface area (Å²) in [6.07, 6.45) is 11.8. The van der Waals surface area contributed by atoms with Gasteiger partial charge in [-0.05, 0) is 43.9 Å². The van der Waals surface area contributed by atoms with Crippen LogP contribution in [-0.2, 0) is 4.79 Å². The topological polar surface area (TPSA) is 17.1 Å². The average molecular weight is 208 g/mol. The van der Waals surface area contributed by atoms with Crippen molar-refractivity contribution in [1.29, 1.82) is 0 Å². The minimum atomic E-state index is 0.636. The van der Waals surface area contributed by atoms with Gasteiger partial charge in [-0.1, -0.05) is 31.9 Å². The van der Waals surface area contributed by atoms with Crippen molar-refractivity contribution in [3.8, 4) is 0 Å². The fraction of sp³-hybridized carbons (Fsp3) is 0.786. The molecule has 0 aromatic carbocycles. The Bertz CT molecular complexity index is 215. The van der Waals surface area contributed by atoms with E-state index in [0.717, 1.165) is 25.0 Å². The van der Waals surface area contributed by atoms with Crippen molar-refractivity contribution in [3.05, 3.63) is 11.6 Å². The Labute approximate surface area is 93.9 Å². The van der Waals surface area contributed by atoms with Gasteiger partial charge in [-0.25, -0.2) is 0 Å². The molecule has 0 saturated carbocycles. The van der Waals surface area contributed by atoms with E-state index in [0.29, 0.717) is 5.92 Å². The van der Waals surface area contributed by atoms with Gasteiger partial charge in [-0.15, -0.1) is 0 Å². The summed E-state index contributed by atoms with van der Waals surface area (Å²) >= 11 is 0. The van der Waals surface area contributed by atoms with Gasteiger partial charge in [0, 0.05) is 6.42 Å². The zero-order valence-corrected chi connectivity index (χ0v) is 10.2. The number of aldehydes is 1. The average Bonchev–Trinajstić information content (AvgIpc) is 2.20. The zero-order valence-electron chi connectivity index (χ0n) is 10.2. The Morgan fingerprint density at radius 2 is 2.33 bits per heavy atom. The van der Waals surface area contributed by atoms with Crippen LogP contribution in [-0.4, -0.2) is 6.29 Å². The second-order valence-electron chi connectivity index (χ2n) is 5.19. The van der Waals surface area contributed by atoms with E-state index >= 15 is 0 Å². The van der Waals surface area contributed by atoms with E-state index in [1.807, 2.05) is 0 Å². The van der Waals surface area contributed by atoms with Crippen LogP contribution in [0.3, 0.4) is 0 Å². The monoisotopic (exact) mass is 208 g/mol. The van der Waals surface area contributed by atoms with Crippen LogP contribution in [0, 0.1) is 11.8 Å². The molecule has 86 valence electrons. The summed E-state index contributed by atoms with van der Waals surface area (Å²) in [6, 6.07) is 0. The predicted molar refractivity (Wildman–Crippen MR) is 64.8 cm³/mol. The first-order chi connectivity index (χ1) is 7.22. The molecule has 0 N–H and O–H groups in total. The fourth-order valence-corrected chi connectivity index (χ4v) is 2.26. The molecule has 0 spiro atoms.